The van der Waals surface area contributed by atoms with E-state index in [1.165, 1.54) is 5.56 Å². The van der Waals surface area contributed by atoms with Crippen LogP contribution in [0.15, 0.2) is 24.5 Å². The Morgan fingerprint density at radius 1 is 1.25 bits per heavy atom. The van der Waals surface area contributed by atoms with Gasteiger partial charge in [-0.25, -0.2) is 0 Å². The summed E-state index contributed by atoms with van der Waals surface area (Å²) in [6.07, 6.45) is 8.10. The molecule has 0 radical (unpaired) electrons. The first-order chi connectivity index (χ1) is 9.74. The molecular formula is C16H23N3O. The van der Waals surface area contributed by atoms with Gasteiger partial charge >= 0.3 is 0 Å². The minimum absolute atomic E-state index is 0.342. The molecule has 1 aromatic rings. The normalized spacial score (nSPS) is 20.9. The molecule has 3 rings (SSSR count). The summed E-state index contributed by atoms with van der Waals surface area (Å²) >= 11 is 0. The van der Waals surface area contributed by atoms with Gasteiger partial charge in [-0.2, -0.15) is 0 Å². The van der Waals surface area contributed by atoms with Crippen molar-refractivity contribution in [2.24, 2.45) is 5.92 Å². The van der Waals surface area contributed by atoms with Crippen LogP contribution in [0.2, 0.25) is 0 Å². The van der Waals surface area contributed by atoms with E-state index in [2.05, 4.69) is 22.0 Å². The van der Waals surface area contributed by atoms with Gasteiger partial charge in [0.1, 0.15) is 0 Å². The molecule has 0 unspecified atom stereocenters. The molecule has 1 aliphatic carbocycles. The van der Waals surface area contributed by atoms with Gasteiger partial charge in [0.2, 0.25) is 5.91 Å². The zero-order valence-electron chi connectivity index (χ0n) is 12.2. The molecule has 0 bridgehead atoms. The molecule has 1 aromatic heterocycles. The van der Waals surface area contributed by atoms with Crippen LogP contribution in [0.1, 0.15) is 31.2 Å². The maximum atomic E-state index is 12.1. The molecule has 0 spiro atoms. The Kier molecular flexibility index (Phi) is 4.01. The zero-order valence-corrected chi connectivity index (χ0v) is 12.2. The van der Waals surface area contributed by atoms with Crippen molar-refractivity contribution in [2.45, 2.75) is 38.3 Å². The Hall–Kier alpha value is -1.42. The van der Waals surface area contributed by atoms with Crippen LogP contribution in [-0.4, -0.2) is 46.9 Å². The summed E-state index contributed by atoms with van der Waals surface area (Å²) in [6, 6.07) is 4.60. The second-order valence-corrected chi connectivity index (χ2v) is 6.09. The van der Waals surface area contributed by atoms with E-state index in [0.717, 1.165) is 45.3 Å². The summed E-state index contributed by atoms with van der Waals surface area (Å²) in [5.41, 5.74) is 1.32. The molecule has 20 heavy (non-hydrogen) atoms. The number of rotatable bonds is 4. The average Bonchev–Trinajstić information content (AvgIpc) is 3.32. The second-order valence-electron chi connectivity index (χ2n) is 6.09. The highest BCUT2D eigenvalue weighted by Crippen LogP contribution is 2.32. The predicted octanol–water partition coefficient (Wildman–Crippen LogP) is 1.91. The fourth-order valence-electron chi connectivity index (χ4n) is 3.01. The molecular weight excluding hydrogens is 250 g/mol. The van der Waals surface area contributed by atoms with Gasteiger partial charge in [-0.05, 0) is 43.4 Å². The van der Waals surface area contributed by atoms with Crippen molar-refractivity contribution in [3.63, 3.8) is 0 Å². The van der Waals surface area contributed by atoms with E-state index in [-0.39, 0.29) is 0 Å². The molecule has 1 aliphatic heterocycles. The third-order valence-electron chi connectivity index (χ3n) is 4.53. The molecule has 2 heterocycles. The van der Waals surface area contributed by atoms with Crippen LogP contribution in [0.4, 0.5) is 0 Å². The van der Waals surface area contributed by atoms with E-state index in [0.29, 0.717) is 17.9 Å². The first kappa shape index (κ1) is 13.6. The monoisotopic (exact) mass is 273 g/mol. The molecule has 4 heteroatoms. The molecule has 1 amide bonds. The van der Waals surface area contributed by atoms with Crippen molar-refractivity contribution in [3.05, 3.63) is 30.1 Å². The van der Waals surface area contributed by atoms with Crippen molar-refractivity contribution in [1.82, 2.24) is 14.8 Å². The van der Waals surface area contributed by atoms with Gasteiger partial charge in [-0.1, -0.05) is 0 Å². The number of likely N-dealkylation sites (tertiary alicyclic amines) is 1. The van der Waals surface area contributed by atoms with Crippen LogP contribution in [0, 0.1) is 5.92 Å². The van der Waals surface area contributed by atoms with E-state index in [1.807, 2.05) is 24.3 Å². The minimum atomic E-state index is 0.342. The molecule has 4 nitrogen and oxygen atoms in total. The molecule has 0 atom stereocenters. The lowest BCUT2D eigenvalue weighted by atomic mass is 10.0. The largest absolute Gasteiger partial charge is 0.342 e. The van der Waals surface area contributed by atoms with Crippen molar-refractivity contribution >= 4 is 5.91 Å². The van der Waals surface area contributed by atoms with Gasteiger partial charge in [-0.3, -0.25) is 14.7 Å². The number of piperidine rings is 1. The smallest absolute Gasteiger partial charge is 0.225 e. The highest BCUT2D eigenvalue weighted by Gasteiger charge is 2.35. The molecule has 1 saturated heterocycles. The number of nitrogens with zero attached hydrogens (tertiary/aromatic N) is 3. The first-order valence-corrected chi connectivity index (χ1v) is 7.62. The third-order valence-corrected chi connectivity index (χ3v) is 4.53. The van der Waals surface area contributed by atoms with Gasteiger partial charge in [0, 0.05) is 51.0 Å². The SMILES string of the molecule is CN(C(=O)C1CC1)C1CCN(Cc2ccncc2)CC1. The Balaban J connectivity index is 1.48. The quantitative estimate of drug-likeness (QED) is 0.841. The number of amides is 1. The van der Waals surface area contributed by atoms with E-state index in [4.69, 9.17) is 0 Å². The van der Waals surface area contributed by atoms with Gasteiger partial charge in [0.25, 0.3) is 0 Å². The van der Waals surface area contributed by atoms with Crippen LogP contribution in [0.25, 0.3) is 0 Å². The maximum Gasteiger partial charge on any atom is 0.225 e. The summed E-state index contributed by atoms with van der Waals surface area (Å²) < 4.78 is 0. The molecule has 2 fully saturated rings. The number of aromatic nitrogens is 1. The summed E-state index contributed by atoms with van der Waals surface area (Å²) in [5.74, 6) is 0.715. The molecule has 0 N–H and O–H groups in total. The Bertz CT molecular complexity index is 450. The van der Waals surface area contributed by atoms with Crippen molar-refractivity contribution in [1.29, 1.82) is 0 Å². The lowest BCUT2D eigenvalue weighted by Gasteiger charge is -2.36. The van der Waals surface area contributed by atoms with Crippen molar-refractivity contribution < 1.29 is 4.79 Å². The van der Waals surface area contributed by atoms with Crippen LogP contribution < -0.4 is 0 Å². The molecule has 1 saturated carbocycles. The van der Waals surface area contributed by atoms with Crippen LogP contribution in [0.3, 0.4) is 0 Å². The van der Waals surface area contributed by atoms with Gasteiger partial charge < -0.3 is 4.90 Å². The van der Waals surface area contributed by atoms with Crippen LogP contribution in [0.5, 0.6) is 0 Å². The van der Waals surface area contributed by atoms with Gasteiger partial charge in [-0.15, -0.1) is 0 Å². The summed E-state index contributed by atoms with van der Waals surface area (Å²) in [4.78, 5) is 20.6. The third kappa shape index (κ3) is 3.18. The highest BCUT2D eigenvalue weighted by molar-refractivity contribution is 5.81. The summed E-state index contributed by atoms with van der Waals surface area (Å²) in [6.45, 7) is 3.15. The second kappa shape index (κ2) is 5.92. The number of pyridine rings is 1. The maximum absolute atomic E-state index is 12.1. The number of carbonyl (C=O) groups is 1. The Morgan fingerprint density at radius 2 is 1.90 bits per heavy atom. The standard InChI is InChI=1S/C16H23N3O/c1-18(16(20)14-2-3-14)15-6-10-19(11-7-15)12-13-4-8-17-9-5-13/h4-5,8-9,14-15H,2-3,6-7,10-12H2,1H3. The molecule has 108 valence electrons. The average molecular weight is 273 g/mol. The Morgan fingerprint density at radius 3 is 2.50 bits per heavy atom. The number of hydrogen-bond donors (Lipinski definition) is 0. The summed E-state index contributed by atoms with van der Waals surface area (Å²) in [5, 5.41) is 0. The Labute approximate surface area is 120 Å². The zero-order chi connectivity index (χ0) is 13.9. The van der Waals surface area contributed by atoms with E-state index in [9.17, 15) is 4.79 Å². The van der Waals surface area contributed by atoms with Crippen molar-refractivity contribution in [3.8, 4) is 0 Å². The fraction of sp³-hybridized carbons (Fsp3) is 0.625. The lowest BCUT2D eigenvalue weighted by molar-refractivity contribution is -0.134. The predicted molar refractivity (Wildman–Crippen MR) is 78.0 cm³/mol. The lowest BCUT2D eigenvalue weighted by Crippen LogP contribution is -2.45. The van der Waals surface area contributed by atoms with Crippen LogP contribution >= 0.6 is 0 Å². The van der Waals surface area contributed by atoms with Crippen LogP contribution in [-0.2, 0) is 11.3 Å². The number of carbonyl (C=O) groups excluding carboxylic acids is 1. The fourth-order valence-corrected chi connectivity index (χ4v) is 3.01. The van der Waals surface area contributed by atoms with E-state index < -0.39 is 0 Å². The van der Waals surface area contributed by atoms with Gasteiger partial charge in [0.15, 0.2) is 0 Å². The van der Waals surface area contributed by atoms with Gasteiger partial charge in [0.05, 0.1) is 0 Å². The first-order valence-electron chi connectivity index (χ1n) is 7.62. The van der Waals surface area contributed by atoms with E-state index >= 15 is 0 Å². The van der Waals surface area contributed by atoms with Crippen molar-refractivity contribution in [2.75, 3.05) is 20.1 Å². The highest BCUT2D eigenvalue weighted by atomic mass is 16.2. The van der Waals surface area contributed by atoms with E-state index in [1.54, 1.807) is 0 Å². The summed E-state index contributed by atoms with van der Waals surface area (Å²) in [7, 11) is 1.99. The molecule has 2 aliphatic rings. The number of hydrogen-bond acceptors (Lipinski definition) is 3. The minimum Gasteiger partial charge on any atom is -0.342 e. The molecule has 0 aromatic carbocycles. The topological polar surface area (TPSA) is 36.4 Å².